The van der Waals surface area contributed by atoms with Gasteiger partial charge in [0.1, 0.15) is 11.7 Å². The number of cyclic esters (lactones) is 1. The molecule has 3 fully saturated rings. The van der Waals surface area contributed by atoms with Crippen molar-refractivity contribution in [3.8, 4) is 0 Å². The van der Waals surface area contributed by atoms with E-state index in [0.29, 0.717) is 19.3 Å². The summed E-state index contributed by atoms with van der Waals surface area (Å²) in [4.78, 5) is 37.0. The summed E-state index contributed by atoms with van der Waals surface area (Å²) in [6.45, 7) is 2.03. The fraction of sp³-hybridized carbons (Fsp3) is 0.850. The Morgan fingerprint density at radius 2 is 1.58 bits per heavy atom. The van der Waals surface area contributed by atoms with Crippen molar-refractivity contribution in [3.05, 3.63) is 0 Å². The molecule has 0 radical (unpaired) electrons. The van der Waals surface area contributed by atoms with Crippen LogP contribution in [0.5, 0.6) is 0 Å². The van der Waals surface area contributed by atoms with Gasteiger partial charge in [0.2, 0.25) is 0 Å². The van der Waals surface area contributed by atoms with Crippen LogP contribution in [0.4, 0.5) is 0 Å². The zero-order valence-corrected chi connectivity index (χ0v) is 15.7. The third-order valence-electron chi connectivity index (χ3n) is 5.97. The van der Waals surface area contributed by atoms with Gasteiger partial charge in [-0.2, -0.15) is 0 Å². The zero-order valence-electron chi connectivity index (χ0n) is 15.7. The molecule has 2 aliphatic carbocycles. The fourth-order valence-electron chi connectivity index (χ4n) is 4.36. The Morgan fingerprint density at radius 3 is 2.23 bits per heavy atom. The first-order valence-corrected chi connectivity index (χ1v) is 10.1. The molecule has 1 saturated heterocycles. The Labute approximate surface area is 154 Å². The predicted molar refractivity (Wildman–Crippen MR) is 93.1 cm³/mol. The quantitative estimate of drug-likeness (QED) is 0.561. The molecule has 0 spiro atoms. The maximum absolute atomic E-state index is 12.8. The van der Waals surface area contributed by atoms with Crippen molar-refractivity contribution in [2.24, 2.45) is 11.8 Å². The molecule has 0 aromatic heterocycles. The number of hydrogen-bond donors (Lipinski definition) is 0. The molecule has 3 unspecified atom stereocenters. The molecule has 2 saturated carbocycles. The summed E-state index contributed by atoms with van der Waals surface area (Å²) in [7, 11) is 0. The number of hydrogen-bond acceptors (Lipinski definition) is 6. The Balaban J connectivity index is 1.61. The SMILES string of the molecule is CC1(OC(=O)C2CCCCC2C(=O)OC2CCCCC2)CCOC(=O)C1. The largest absolute Gasteiger partial charge is 0.465 e. The standard InChI is InChI=1S/C20H30O6/c1-20(11-12-24-17(21)13-20)26-19(23)16-10-6-5-9-15(16)18(22)25-14-7-3-2-4-8-14/h14-16H,2-13H2,1H3. The molecule has 0 N–H and O–H groups in total. The third-order valence-corrected chi connectivity index (χ3v) is 5.97. The van der Waals surface area contributed by atoms with E-state index >= 15 is 0 Å². The molecule has 146 valence electrons. The van der Waals surface area contributed by atoms with Crippen LogP contribution >= 0.6 is 0 Å². The average molecular weight is 366 g/mol. The minimum atomic E-state index is -0.832. The van der Waals surface area contributed by atoms with Gasteiger partial charge in [0.25, 0.3) is 0 Å². The number of esters is 3. The fourth-order valence-corrected chi connectivity index (χ4v) is 4.36. The van der Waals surface area contributed by atoms with E-state index in [0.717, 1.165) is 38.5 Å². The summed E-state index contributed by atoms with van der Waals surface area (Å²) in [5, 5.41) is 0. The first kappa shape index (κ1) is 19.2. The summed E-state index contributed by atoms with van der Waals surface area (Å²) in [6.07, 6.45) is 8.97. The predicted octanol–water partition coefficient (Wildman–Crippen LogP) is 3.31. The zero-order chi connectivity index (χ0) is 18.6. The average Bonchev–Trinajstić information content (AvgIpc) is 2.62. The monoisotopic (exact) mass is 366 g/mol. The van der Waals surface area contributed by atoms with Gasteiger partial charge in [-0.25, -0.2) is 0 Å². The Hall–Kier alpha value is -1.59. The van der Waals surface area contributed by atoms with Gasteiger partial charge in [-0.05, 0) is 45.4 Å². The lowest BCUT2D eigenvalue weighted by Gasteiger charge is -2.36. The maximum atomic E-state index is 12.8. The van der Waals surface area contributed by atoms with E-state index in [-0.39, 0.29) is 37.0 Å². The number of carbonyl (C=O) groups excluding carboxylic acids is 3. The molecule has 3 aliphatic rings. The third kappa shape index (κ3) is 4.77. The first-order chi connectivity index (χ1) is 12.5. The van der Waals surface area contributed by atoms with Crippen LogP contribution in [0.1, 0.15) is 77.6 Å². The summed E-state index contributed by atoms with van der Waals surface area (Å²) in [6, 6.07) is 0. The number of rotatable bonds is 4. The van der Waals surface area contributed by atoms with E-state index < -0.39 is 17.4 Å². The molecule has 1 heterocycles. The normalized spacial score (nSPS) is 33.2. The van der Waals surface area contributed by atoms with Gasteiger partial charge < -0.3 is 14.2 Å². The van der Waals surface area contributed by atoms with E-state index in [1.165, 1.54) is 6.42 Å². The molecule has 3 rings (SSSR count). The van der Waals surface area contributed by atoms with Crippen molar-refractivity contribution in [3.63, 3.8) is 0 Å². The minimum Gasteiger partial charge on any atom is -0.465 e. The van der Waals surface area contributed by atoms with E-state index in [1.54, 1.807) is 6.92 Å². The summed E-state index contributed by atoms with van der Waals surface area (Å²) in [5.74, 6) is -1.84. The van der Waals surface area contributed by atoms with Crippen LogP contribution in [0.25, 0.3) is 0 Å². The van der Waals surface area contributed by atoms with E-state index in [2.05, 4.69) is 0 Å². The van der Waals surface area contributed by atoms with Crippen molar-refractivity contribution in [1.82, 2.24) is 0 Å². The van der Waals surface area contributed by atoms with Crippen LogP contribution in [-0.4, -0.2) is 36.2 Å². The topological polar surface area (TPSA) is 78.9 Å². The van der Waals surface area contributed by atoms with Crippen molar-refractivity contribution in [1.29, 1.82) is 0 Å². The summed E-state index contributed by atoms with van der Waals surface area (Å²) < 4.78 is 16.4. The van der Waals surface area contributed by atoms with Gasteiger partial charge in [-0.3, -0.25) is 14.4 Å². The molecule has 0 aromatic rings. The summed E-state index contributed by atoms with van der Waals surface area (Å²) >= 11 is 0. The molecule has 6 heteroatoms. The minimum absolute atomic E-state index is 0.000444. The smallest absolute Gasteiger partial charge is 0.310 e. The van der Waals surface area contributed by atoms with E-state index in [9.17, 15) is 14.4 Å². The van der Waals surface area contributed by atoms with Gasteiger partial charge >= 0.3 is 17.9 Å². The van der Waals surface area contributed by atoms with Crippen molar-refractivity contribution < 1.29 is 28.6 Å². The van der Waals surface area contributed by atoms with Crippen LogP contribution in [-0.2, 0) is 28.6 Å². The Kier molecular flexibility index (Phi) is 6.20. The molecular formula is C20H30O6. The first-order valence-electron chi connectivity index (χ1n) is 10.1. The molecule has 3 atom stereocenters. The van der Waals surface area contributed by atoms with Crippen molar-refractivity contribution >= 4 is 17.9 Å². The van der Waals surface area contributed by atoms with Gasteiger partial charge in [-0.1, -0.05) is 19.3 Å². The molecular weight excluding hydrogens is 336 g/mol. The van der Waals surface area contributed by atoms with Crippen LogP contribution in [0.2, 0.25) is 0 Å². The summed E-state index contributed by atoms with van der Waals surface area (Å²) in [5.41, 5.74) is -0.832. The van der Waals surface area contributed by atoms with Crippen LogP contribution < -0.4 is 0 Å². The highest BCUT2D eigenvalue weighted by molar-refractivity contribution is 5.83. The van der Waals surface area contributed by atoms with Gasteiger partial charge in [0.05, 0.1) is 24.9 Å². The van der Waals surface area contributed by atoms with Gasteiger partial charge in [-0.15, -0.1) is 0 Å². The number of carbonyl (C=O) groups is 3. The highest BCUT2D eigenvalue weighted by Crippen LogP contribution is 2.35. The lowest BCUT2D eigenvalue weighted by Crippen LogP contribution is -2.44. The maximum Gasteiger partial charge on any atom is 0.310 e. The Bertz CT molecular complexity index is 538. The molecule has 26 heavy (non-hydrogen) atoms. The van der Waals surface area contributed by atoms with E-state index in [1.807, 2.05) is 0 Å². The second-order valence-electron chi connectivity index (χ2n) is 8.21. The second-order valence-corrected chi connectivity index (χ2v) is 8.21. The van der Waals surface area contributed by atoms with E-state index in [4.69, 9.17) is 14.2 Å². The lowest BCUT2D eigenvalue weighted by atomic mass is 9.79. The van der Waals surface area contributed by atoms with Gasteiger partial charge in [0.15, 0.2) is 0 Å². The lowest BCUT2D eigenvalue weighted by molar-refractivity contribution is -0.184. The molecule has 0 bridgehead atoms. The van der Waals surface area contributed by atoms with Gasteiger partial charge in [0, 0.05) is 6.42 Å². The highest BCUT2D eigenvalue weighted by atomic mass is 16.6. The van der Waals surface area contributed by atoms with Crippen molar-refractivity contribution in [2.75, 3.05) is 6.61 Å². The van der Waals surface area contributed by atoms with Crippen molar-refractivity contribution in [2.45, 2.75) is 89.3 Å². The molecule has 0 amide bonds. The molecule has 0 aromatic carbocycles. The number of ether oxygens (including phenoxy) is 3. The molecule has 1 aliphatic heterocycles. The molecule has 6 nitrogen and oxygen atoms in total. The second kappa shape index (κ2) is 8.40. The van der Waals surface area contributed by atoms with Crippen LogP contribution in [0.15, 0.2) is 0 Å². The highest BCUT2D eigenvalue weighted by Gasteiger charge is 2.43. The van der Waals surface area contributed by atoms with Crippen LogP contribution in [0, 0.1) is 11.8 Å². The van der Waals surface area contributed by atoms with Crippen LogP contribution in [0.3, 0.4) is 0 Å². The Morgan fingerprint density at radius 1 is 0.962 bits per heavy atom.